The first-order chi connectivity index (χ1) is 8.19. The van der Waals surface area contributed by atoms with Crippen molar-refractivity contribution in [3.63, 3.8) is 0 Å². The number of carbonyl (C=O) groups is 1. The highest BCUT2D eigenvalue weighted by Crippen LogP contribution is 2.17. The number of carboxylic acid groups (broad SMARTS) is 1. The van der Waals surface area contributed by atoms with E-state index in [-0.39, 0.29) is 6.54 Å². The van der Waals surface area contributed by atoms with Gasteiger partial charge in [-0.25, -0.2) is 0 Å². The van der Waals surface area contributed by atoms with Crippen LogP contribution in [0.25, 0.3) is 11.8 Å². The molecule has 2 N–H and O–H groups in total. The van der Waals surface area contributed by atoms with E-state index in [2.05, 4.69) is 23.5 Å². The van der Waals surface area contributed by atoms with Crippen LogP contribution in [0.3, 0.4) is 0 Å². The highest BCUT2D eigenvalue weighted by atomic mass is 16.4. The first-order valence-corrected chi connectivity index (χ1v) is 5.04. The Morgan fingerprint density at radius 3 is 2.88 bits per heavy atom. The lowest BCUT2D eigenvalue weighted by molar-refractivity contribution is -0.135. The van der Waals surface area contributed by atoms with Gasteiger partial charge < -0.3 is 10.4 Å². The highest BCUT2D eigenvalue weighted by molar-refractivity contribution is 5.77. The normalized spacial score (nSPS) is 10.7. The molecule has 88 valence electrons. The third-order valence-corrected chi connectivity index (χ3v) is 2.08. The fraction of sp³-hybridized carbons (Fsp3) is 0.0769. The van der Waals surface area contributed by atoms with Crippen molar-refractivity contribution in [2.45, 2.75) is 0 Å². The number of hydrogen-bond acceptors (Lipinski definition) is 3. The predicted molar refractivity (Wildman–Crippen MR) is 68.1 cm³/mol. The molecule has 0 unspecified atom stereocenters. The van der Waals surface area contributed by atoms with Gasteiger partial charge in [0.2, 0.25) is 0 Å². The van der Waals surface area contributed by atoms with E-state index in [1.807, 2.05) is 0 Å². The van der Waals surface area contributed by atoms with E-state index in [4.69, 9.17) is 5.11 Å². The van der Waals surface area contributed by atoms with Crippen molar-refractivity contribution in [2.75, 3.05) is 6.54 Å². The number of pyridine rings is 1. The molecule has 0 fully saturated rings. The van der Waals surface area contributed by atoms with E-state index in [1.165, 1.54) is 0 Å². The Kier molecular flexibility index (Phi) is 4.69. The van der Waals surface area contributed by atoms with Crippen LogP contribution >= 0.6 is 0 Å². The van der Waals surface area contributed by atoms with Crippen molar-refractivity contribution in [1.82, 2.24) is 10.3 Å². The molecule has 1 rings (SSSR count). The Bertz CT molecular complexity index is 464. The quantitative estimate of drug-likeness (QED) is 0.733. The monoisotopic (exact) mass is 230 g/mol. The lowest BCUT2D eigenvalue weighted by Crippen LogP contribution is -2.21. The molecule has 4 heteroatoms. The number of hydrogen-bond donors (Lipinski definition) is 2. The van der Waals surface area contributed by atoms with Gasteiger partial charge in [0, 0.05) is 29.2 Å². The molecule has 0 aliphatic heterocycles. The third-order valence-electron chi connectivity index (χ3n) is 2.08. The summed E-state index contributed by atoms with van der Waals surface area (Å²) >= 11 is 0. The summed E-state index contributed by atoms with van der Waals surface area (Å²) < 4.78 is 0. The summed E-state index contributed by atoms with van der Waals surface area (Å²) in [5, 5.41) is 11.5. The molecule has 0 saturated heterocycles. The van der Waals surface area contributed by atoms with E-state index >= 15 is 0 Å². The molecule has 0 bridgehead atoms. The molecule has 0 aromatic carbocycles. The maximum absolute atomic E-state index is 10.5. The largest absolute Gasteiger partial charge is 0.480 e. The molecule has 0 aliphatic rings. The Hall–Kier alpha value is -2.36. The smallest absolute Gasteiger partial charge is 0.322 e. The third kappa shape index (κ3) is 3.61. The van der Waals surface area contributed by atoms with Crippen molar-refractivity contribution >= 4 is 17.7 Å². The van der Waals surface area contributed by atoms with Gasteiger partial charge in [-0.15, -0.1) is 0 Å². The van der Waals surface area contributed by atoms with Crippen LogP contribution < -0.4 is 5.32 Å². The molecule has 0 spiro atoms. The predicted octanol–water partition coefficient (Wildman–Crippen LogP) is 1.93. The molecule has 0 aliphatic carbocycles. The average Bonchev–Trinajstić information content (AvgIpc) is 2.34. The molecule has 1 aromatic rings. The lowest BCUT2D eigenvalue weighted by atomic mass is 10.1. The zero-order valence-electron chi connectivity index (χ0n) is 9.39. The van der Waals surface area contributed by atoms with Crippen LogP contribution in [0.4, 0.5) is 0 Å². The lowest BCUT2D eigenvalue weighted by Gasteiger charge is -2.11. The van der Waals surface area contributed by atoms with Crippen molar-refractivity contribution in [3.8, 4) is 0 Å². The molecule has 4 nitrogen and oxygen atoms in total. The first kappa shape index (κ1) is 12.7. The van der Waals surface area contributed by atoms with Gasteiger partial charge in [-0.05, 0) is 12.1 Å². The second-order valence-corrected chi connectivity index (χ2v) is 3.23. The van der Waals surface area contributed by atoms with Gasteiger partial charge in [-0.2, -0.15) is 0 Å². The van der Waals surface area contributed by atoms with E-state index in [0.717, 1.165) is 11.1 Å². The summed E-state index contributed by atoms with van der Waals surface area (Å²) in [6.07, 6.45) is 8.29. The molecule has 1 aromatic heterocycles. The standard InChI is InChI=1S/C13H14N2O2/c1-3-5-12(15-9-13(16)17)11-6-7-14-8-10(11)4-2/h3-8,15H,1-2,9H2,(H,16,17)/b12-5+. The Labute approximate surface area is 100 Å². The summed E-state index contributed by atoms with van der Waals surface area (Å²) in [6, 6.07) is 1.79. The van der Waals surface area contributed by atoms with Gasteiger partial charge in [0.05, 0.1) is 0 Å². The highest BCUT2D eigenvalue weighted by Gasteiger charge is 2.06. The Morgan fingerprint density at radius 2 is 2.29 bits per heavy atom. The van der Waals surface area contributed by atoms with Crippen LogP contribution in [0.15, 0.2) is 43.8 Å². The molecule has 0 saturated carbocycles. The van der Waals surface area contributed by atoms with E-state index in [9.17, 15) is 4.79 Å². The fourth-order valence-corrected chi connectivity index (χ4v) is 1.35. The Morgan fingerprint density at radius 1 is 1.53 bits per heavy atom. The fourth-order valence-electron chi connectivity index (χ4n) is 1.35. The van der Waals surface area contributed by atoms with Crippen LogP contribution in [-0.4, -0.2) is 22.6 Å². The minimum Gasteiger partial charge on any atom is -0.480 e. The van der Waals surface area contributed by atoms with Crippen molar-refractivity contribution in [3.05, 3.63) is 54.9 Å². The number of allylic oxidation sites excluding steroid dienone is 2. The van der Waals surface area contributed by atoms with Crippen LogP contribution in [0.1, 0.15) is 11.1 Å². The molecular weight excluding hydrogens is 216 g/mol. The number of carboxylic acids is 1. The molecular formula is C13H14N2O2. The zero-order chi connectivity index (χ0) is 12.7. The van der Waals surface area contributed by atoms with Gasteiger partial charge >= 0.3 is 5.97 Å². The van der Waals surface area contributed by atoms with Gasteiger partial charge in [-0.3, -0.25) is 9.78 Å². The summed E-state index contributed by atoms with van der Waals surface area (Å²) in [4.78, 5) is 14.5. The number of nitrogens with zero attached hydrogens (tertiary/aromatic N) is 1. The van der Waals surface area contributed by atoms with Crippen molar-refractivity contribution in [2.24, 2.45) is 0 Å². The SMILES string of the molecule is C=C/C=C(/NCC(=O)O)c1ccncc1C=C. The maximum Gasteiger partial charge on any atom is 0.322 e. The minimum atomic E-state index is -0.922. The van der Waals surface area contributed by atoms with Gasteiger partial charge in [0.1, 0.15) is 6.54 Å². The summed E-state index contributed by atoms with van der Waals surface area (Å²) in [7, 11) is 0. The van der Waals surface area contributed by atoms with Gasteiger partial charge in [0.25, 0.3) is 0 Å². The van der Waals surface area contributed by atoms with Crippen LogP contribution in [0, 0.1) is 0 Å². The molecule has 17 heavy (non-hydrogen) atoms. The molecule has 0 radical (unpaired) electrons. The molecule has 1 heterocycles. The maximum atomic E-state index is 10.5. The van der Waals surface area contributed by atoms with Crippen molar-refractivity contribution in [1.29, 1.82) is 0 Å². The van der Waals surface area contributed by atoms with E-state index in [1.54, 1.807) is 36.7 Å². The van der Waals surface area contributed by atoms with Crippen LogP contribution in [-0.2, 0) is 4.79 Å². The summed E-state index contributed by atoms with van der Waals surface area (Å²) in [5.74, 6) is -0.922. The summed E-state index contributed by atoms with van der Waals surface area (Å²) in [6.45, 7) is 7.14. The minimum absolute atomic E-state index is 0.154. The molecule has 0 amide bonds. The average molecular weight is 230 g/mol. The van der Waals surface area contributed by atoms with E-state index < -0.39 is 5.97 Å². The number of nitrogens with one attached hydrogen (secondary N) is 1. The molecule has 0 atom stereocenters. The zero-order valence-corrected chi connectivity index (χ0v) is 9.39. The van der Waals surface area contributed by atoms with E-state index in [0.29, 0.717) is 5.70 Å². The topological polar surface area (TPSA) is 62.2 Å². The van der Waals surface area contributed by atoms with Gasteiger partial charge in [-0.1, -0.05) is 25.3 Å². The van der Waals surface area contributed by atoms with Crippen molar-refractivity contribution < 1.29 is 9.90 Å². The summed E-state index contributed by atoms with van der Waals surface area (Å²) in [5.41, 5.74) is 2.36. The van der Waals surface area contributed by atoms with Crippen LogP contribution in [0.2, 0.25) is 0 Å². The number of aromatic nitrogens is 1. The second-order valence-electron chi connectivity index (χ2n) is 3.23. The van der Waals surface area contributed by atoms with Crippen LogP contribution in [0.5, 0.6) is 0 Å². The number of aliphatic carboxylic acids is 1. The second kappa shape index (κ2) is 6.27. The first-order valence-electron chi connectivity index (χ1n) is 5.04. The number of rotatable bonds is 6. The van der Waals surface area contributed by atoms with Gasteiger partial charge in [0.15, 0.2) is 0 Å². The Balaban J connectivity index is 3.05.